The molecule has 0 unspecified atom stereocenters. The highest BCUT2D eigenvalue weighted by Crippen LogP contribution is 2.18. The van der Waals surface area contributed by atoms with Crippen LogP contribution in [0.4, 0.5) is 5.69 Å². The van der Waals surface area contributed by atoms with Crippen LogP contribution in [0.15, 0.2) is 29.4 Å². The molecule has 72 valence electrons. The summed E-state index contributed by atoms with van der Waals surface area (Å²) in [6.45, 7) is 2.34. The van der Waals surface area contributed by atoms with Crippen molar-refractivity contribution in [3.8, 4) is 0 Å². The van der Waals surface area contributed by atoms with Crippen LogP contribution < -0.4 is 10.3 Å². The molecular formula is C10H11N3O. The quantitative estimate of drug-likeness (QED) is 0.712. The molecule has 0 atom stereocenters. The number of carbonyl (C=O) groups is 1. The van der Waals surface area contributed by atoms with Gasteiger partial charge in [-0.15, -0.1) is 0 Å². The van der Waals surface area contributed by atoms with Crippen molar-refractivity contribution in [3.63, 3.8) is 0 Å². The third kappa shape index (κ3) is 1.59. The number of hydrazone groups is 1. The summed E-state index contributed by atoms with van der Waals surface area (Å²) >= 11 is 0. The molecule has 1 aromatic carbocycles. The van der Waals surface area contributed by atoms with Gasteiger partial charge in [0.15, 0.2) is 0 Å². The fraction of sp³-hybridized carbons (Fsp3) is 0.200. The molecular weight excluding hydrogens is 178 g/mol. The molecule has 4 heteroatoms. The Morgan fingerprint density at radius 3 is 2.93 bits per heavy atom. The predicted molar refractivity (Wildman–Crippen MR) is 55.2 cm³/mol. The molecule has 0 aromatic heterocycles. The molecule has 0 bridgehead atoms. The second kappa shape index (κ2) is 3.49. The predicted octanol–water partition coefficient (Wildman–Crippen LogP) is 0.875. The molecule has 1 aromatic rings. The van der Waals surface area contributed by atoms with Crippen LogP contribution in [-0.4, -0.2) is 18.8 Å². The van der Waals surface area contributed by atoms with Crippen molar-refractivity contribution in [1.29, 1.82) is 0 Å². The number of para-hydroxylation sites is 1. The minimum Gasteiger partial charge on any atom is -0.321 e. The van der Waals surface area contributed by atoms with Crippen LogP contribution in [-0.2, 0) is 4.79 Å². The van der Waals surface area contributed by atoms with E-state index in [-0.39, 0.29) is 5.91 Å². The van der Waals surface area contributed by atoms with Gasteiger partial charge in [-0.2, -0.15) is 5.10 Å². The summed E-state index contributed by atoms with van der Waals surface area (Å²) in [6.07, 6.45) is 1.63. The van der Waals surface area contributed by atoms with Crippen LogP contribution >= 0.6 is 0 Å². The Morgan fingerprint density at radius 2 is 2.21 bits per heavy atom. The number of benzene rings is 1. The summed E-state index contributed by atoms with van der Waals surface area (Å²) in [4.78, 5) is 12.9. The number of rotatable bonds is 1. The number of hydrogen-bond acceptors (Lipinski definition) is 3. The Labute approximate surface area is 82.2 Å². The molecule has 2 rings (SSSR count). The molecule has 1 heterocycles. The normalized spacial score (nSPS) is 15.5. The van der Waals surface area contributed by atoms with E-state index in [0.717, 1.165) is 11.3 Å². The summed E-state index contributed by atoms with van der Waals surface area (Å²) < 4.78 is 0. The van der Waals surface area contributed by atoms with E-state index in [1.807, 2.05) is 36.1 Å². The smallest absolute Gasteiger partial charge is 0.260 e. The van der Waals surface area contributed by atoms with Gasteiger partial charge in [0.25, 0.3) is 5.91 Å². The average Bonchev–Trinajstić information content (AvgIpc) is 2.18. The highest BCUT2D eigenvalue weighted by molar-refractivity contribution is 5.94. The van der Waals surface area contributed by atoms with E-state index in [2.05, 4.69) is 10.5 Å². The molecule has 1 amide bonds. The van der Waals surface area contributed by atoms with E-state index in [1.165, 1.54) is 0 Å². The van der Waals surface area contributed by atoms with Crippen LogP contribution in [0.2, 0.25) is 0 Å². The van der Waals surface area contributed by atoms with Crippen LogP contribution in [0, 0.1) is 6.92 Å². The summed E-state index contributed by atoms with van der Waals surface area (Å²) in [5.41, 5.74) is 4.54. The zero-order chi connectivity index (χ0) is 9.97. The third-order valence-corrected chi connectivity index (χ3v) is 2.13. The van der Waals surface area contributed by atoms with Crippen LogP contribution in [0.3, 0.4) is 0 Å². The topological polar surface area (TPSA) is 44.7 Å². The zero-order valence-corrected chi connectivity index (χ0v) is 7.90. The first-order valence-corrected chi connectivity index (χ1v) is 4.41. The summed E-state index contributed by atoms with van der Waals surface area (Å²) in [5.74, 6) is -0.0873. The molecule has 0 fully saturated rings. The molecule has 0 aliphatic carbocycles. The lowest BCUT2D eigenvalue weighted by Crippen LogP contribution is -2.40. The fourth-order valence-corrected chi connectivity index (χ4v) is 1.43. The van der Waals surface area contributed by atoms with Crippen LogP contribution in [0.25, 0.3) is 0 Å². The number of nitrogens with zero attached hydrogens (tertiary/aromatic N) is 2. The van der Waals surface area contributed by atoms with Gasteiger partial charge in [0.1, 0.15) is 12.9 Å². The van der Waals surface area contributed by atoms with E-state index in [4.69, 9.17) is 0 Å². The van der Waals surface area contributed by atoms with Crippen LogP contribution in [0.5, 0.6) is 0 Å². The number of anilines is 1. The molecule has 14 heavy (non-hydrogen) atoms. The van der Waals surface area contributed by atoms with Gasteiger partial charge >= 0.3 is 0 Å². The van der Waals surface area contributed by atoms with E-state index < -0.39 is 0 Å². The van der Waals surface area contributed by atoms with Gasteiger partial charge in [-0.25, -0.2) is 5.43 Å². The van der Waals surface area contributed by atoms with E-state index >= 15 is 0 Å². The first kappa shape index (κ1) is 8.74. The summed E-state index contributed by atoms with van der Waals surface area (Å²) in [7, 11) is 0. The van der Waals surface area contributed by atoms with Gasteiger partial charge in [-0.1, -0.05) is 18.2 Å². The standard InChI is InChI=1S/C10H11N3O/c1-8-4-2-3-5-9(8)13-6-10(14)12-11-7-13/h2-5,7H,6H2,1H3,(H,12,14). The fourth-order valence-electron chi connectivity index (χ4n) is 1.43. The monoisotopic (exact) mass is 189 g/mol. The Morgan fingerprint density at radius 1 is 1.43 bits per heavy atom. The highest BCUT2D eigenvalue weighted by Gasteiger charge is 2.14. The molecule has 0 radical (unpaired) electrons. The Kier molecular flexibility index (Phi) is 2.18. The van der Waals surface area contributed by atoms with E-state index in [1.54, 1.807) is 6.34 Å². The average molecular weight is 189 g/mol. The first-order valence-electron chi connectivity index (χ1n) is 4.41. The minimum atomic E-state index is -0.0873. The van der Waals surface area contributed by atoms with Crippen molar-refractivity contribution in [2.75, 3.05) is 11.4 Å². The van der Waals surface area contributed by atoms with E-state index in [0.29, 0.717) is 6.54 Å². The molecule has 0 saturated carbocycles. The highest BCUT2D eigenvalue weighted by atomic mass is 16.2. The third-order valence-electron chi connectivity index (χ3n) is 2.13. The van der Waals surface area contributed by atoms with Crippen molar-refractivity contribution in [1.82, 2.24) is 5.43 Å². The van der Waals surface area contributed by atoms with Crippen molar-refractivity contribution in [2.45, 2.75) is 6.92 Å². The van der Waals surface area contributed by atoms with Gasteiger partial charge in [0.2, 0.25) is 0 Å². The summed E-state index contributed by atoms with van der Waals surface area (Å²) in [5, 5.41) is 3.76. The maximum atomic E-state index is 11.1. The van der Waals surface area contributed by atoms with Crippen molar-refractivity contribution >= 4 is 17.9 Å². The Hall–Kier alpha value is -1.84. The van der Waals surface area contributed by atoms with Gasteiger partial charge in [-0.3, -0.25) is 4.79 Å². The molecule has 1 aliphatic heterocycles. The molecule has 0 saturated heterocycles. The first-order chi connectivity index (χ1) is 6.77. The SMILES string of the molecule is Cc1ccccc1N1C=NNC(=O)C1. The zero-order valence-electron chi connectivity index (χ0n) is 7.90. The van der Waals surface area contributed by atoms with Gasteiger partial charge in [-0.05, 0) is 18.6 Å². The molecule has 1 aliphatic rings. The minimum absolute atomic E-state index is 0.0873. The van der Waals surface area contributed by atoms with Crippen LogP contribution in [0.1, 0.15) is 5.56 Å². The number of nitrogens with one attached hydrogen (secondary N) is 1. The number of hydrogen-bond donors (Lipinski definition) is 1. The second-order valence-corrected chi connectivity index (χ2v) is 3.19. The lowest BCUT2D eigenvalue weighted by Gasteiger charge is -2.23. The lowest BCUT2D eigenvalue weighted by molar-refractivity contribution is -0.119. The van der Waals surface area contributed by atoms with E-state index in [9.17, 15) is 4.79 Å². The summed E-state index contributed by atoms with van der Waals surface area (Å²) in [6, 6.07) is 7.90. The van der Waals surface area contributed by atoms with Crippen molar-refractivity contribution in [3.05, 3.63) is 29.8 Å². The number of aryl methyl sites for hydroxylation is 1. The largest absolute Gasteiger partial charge is 0.321 e. The van der Waals surface area contributed by atoms with Gasteiger partial charge < -0.3 is 4.90 Å². The van der Waals surface area contributed by atoms with Gasteiger partial charge in [0, 0.05) is 5.69 Å². The maximum absolute atomic E-state index is 11.1. The van der Waals surface area contributed by atoms with Crippen molar-refractivity contribution in [2.24, 2.45) is 5.10 Å². The van der Waals surface area contributed by atoms with Crippen molar-refractivity contribution < 1.29 is 4.79 Å². The Bertz CT molecular complexity index is 387. The Balaban J connectivity index is 2.31. The number of amides is 1. The maximum Gasteiger partial charge on any atom is 0.260 e. The molecule has 1 N–H and O–H groups in total. The van der Waals surface area contributed by atoms with Gasteiger partial charge in [0.05, 0.1) is 0 Å². The molecule has 4 nitrogen and oxygen atoms in total. The molecule has 0 spiro atoms. The lowest BCUT2D eigenvalue weighted by atomic mass is 10.2. The second-order valence-electron chi connectivity index (χ2n) is 3.19. The number of carbonyl (C=O) groups excluding carboxylic acids is 1.